The number of benzene rings is 2. The van der Waals surface area contributed by atoms with Gasteiger partial charge in [-0.15, -0.1) is 5.10 Å². The second-order valence-corrected chi connectivity index (χ2v) is 8.13. The molecule has 0 bridgehead atoms. The van der Waals surface area contributed by atoms with E-state index < -0.39 is 0 Å². The van der Waals surface area contributed by atoms with Gasteiger partial charge in [0.15, 0.2) is 5.65 Å². The highest BCUT2D eigenvalue weighted by Gasteiger charge is 2.23. The number of halogens is 1. The van der Waals surface area contributed by atoms with E-state index in [-0.39, 0.29) is 0 Å². The Labute approximate surface area is 185 Å². The lowest BCUT2D eigenvalue weighted by molar-refractivity contribution is 0.416. The summed E-state index contributed by atoms with van der Waals surface area (Å²) in [5.41, 5.74) is 9.45. The van der Waals surface area contributed by atoms with Gasteiger partial charge < -0.3 is 15.8 Å². The third-order valence-corrected chi connectivity index (χ3v) is 5.94. The van der Waals surface area contributed by atoms with Gasteiger partial charge in [0, 0.05) is 16.6 Å². The molecular weight excluding hydrogens is 412 g/mol. The van der Waals surface area contributed by atoms with E-state index in [4.69, 9.17) is 37.1 Å². The first kappa shape index (κ1) is 19.6. The Bertz CT molecular complexity index is 1230. The molecule has 4 aromatic rings. The minimum absolute atomic E-state index is 0.374. The molecule has 1 aliphatic rings. The number of nitrogens with zero attached hydrogens (tertiary/aromatic N) is 4. The molecule has 158 valence electrons. The Morgan fingerprint density at radius 1 is 1.06 bits per heavy atom. The summed E-state index contributed by atoms with van der Waals surface area (Å²) >= 11 is 6.05. The van der Waals surface area contributed by atoms with Crippen LogP contribution in [-0.2, 0) is 0 Å². The maximum absolute atomic E-state index is 6.58. The number of hydrogen-bond donors (Lipinski definition) is 2. The summed E-state index contributed by atoms with van der Waals surface area (Å²) in [6.45, 7) is 0. The topological polar surface area (TPSA) is 90.9 Å². The predicted molar refractivity (Wildman–Crippen MR) is 124 cm³/mol. The van der Waals surface area contributed by atoms with Crippen LogP contribution >= 0.6 is 11.6 Å². The number of fused-ring (bicyclic) bond motifs is 1. The number of nitrogens with one attached hydrogen (secondary N) is 1. The fourth-order valence-corrected chi connectivity index (χ4v) is 4.27. The molecule has 0 saturated heterocycles. The van der Waals surface area contributed by atoms with Gasteiger partial charge >= 0.3 is 0 Å². The van der Waals surface area contributed by atoms with Crippen LogP contribution in [0.4, 0.5) is 11.8 Å². The monoisotopic (exact) mass is 434 g/mol. The fraction of sp³-hybridized carbons (Fsp3) is 0.261. The largest absolute Gasteiger partial charge is 0.496 e. The number of ether oxygens (including phenoxy) is 1. The van der Waals surface area contributed by atoms with E-state index >= 15 is 0 Å². The van der Waals surface area contributed by atoms with Gasteiger partial charge in [-0.25, -0.2) is 9.67 Å². The number of methoxy groups -OCH3 is 1. The van der Waals surface area contributed by atoms with Gasteiger partial charge in [0.2, 0.25) is 5.95 Å². The molecular formula is C23H23ClN6O. The van der Waals surface area contributed by atoms with Gasteiger partial charge in [-0.2, -0.15) is 4.98 Å². The lowest BCUT2D eigenvalue weighted by atomic mass is 10.1. The Morgan fingerprint density at radius 2 is 1.81 bits per heavy atom. The predicted octanol–water partition coefficient (Wildman–Crippen LogP) is 5.08. The molecule has 2 aromatic heterocycles. The quantitative estimate of drug-likeness (QED) is 0.455. The molecule has 0 unspecified atom stereocenters. The minimum atomic E-state index is 0.374. The number of nitrogen functional groups attached to an aromatic ring is 1. The van der Waals surface area contributed by atoms with Gasteiger partial charge in [-0.1, -0.05) is 36.6 Å². The first-order chi connectivity index (χ1) is 15.1. The van der Waals surface area contributed by atoms with E-state index in [9.17, 15) is 0 Å². The van der Waals surface area contributed by atoms with Gasteiger partial charge in [-0.3, -0.25) is 0 Å². The first-order valence-corrected chi connectivity index (χ1v) is 10.7. The number of hydrogen-bond acceptors (Lipinski definition) is 6. The van der Waals surface area contributed by atoms with E-state index in [0.29, 0.717) is 45.3 Å². The van der Waals surface area contributed by atoms with Crippen molar-refractivity contribution < 1.29 is 4.74 Å². The second kappa shape index (κ2) is 8.07. The Kier molecular flexibility index (Phi) is 5.11. The lowest BCUT2D eigenvalue weighted by Gasteiger charge is -2.14. The van der Waals surface area contributed by atoms with E-state index in [1.807, 2.05) is 48.5 Å². The zero-order valence-corrected chi connectivity index (χ0v) is 17.9. The summed E-state index contributed by atoms with van der Waals surface area (Å²) in [6.07, 6.45) is 4.67. The van der Waals surface area contributed by atoms with Crippen molar-refractivity contribution in [1.29, 1.82) is 0 Å². The third kappa shape index (κ3) is 3.65. The van der Waals surface area contributed by atoms with Gasteiger partial charge in [0.05, 0.1) is 23.9 Å². The maximum atomic E-state index is 6.58. The van der Waals surface area contributed by atoms with Gasteiger partial charge in [0.25, 0.3) is 0 Å². The van der Waals surface area contributed by atoms with Crippen molar-refractivity contribution in [3.8, 4) is 22.7 Å². The zero-order chi connectivity index (χ0) is 21.4. The molecule has 3 N–H and O–H groups in total. The molecule has 0 amide bonds. The van der Waals surface area contributed by atoms with Crippen molar-refractivity contribution in [1.82, 2.24) is 19.7 Å². The van der Waals surface area contributed by atoms with Crippen LogP contribution in [0.2, 0.25) is 5.02 Å². The van der Waals surface area contributed by atoms with Gasteiger partial charge in [0.1, 0.15) is 11.6 Å². The fourth-order valence-electron chi connectivity index (χ4n) is 4.14. The zero-order valence-electron chi connectivity index (χ0n) is 17.2. The molecule has 31 heavy (non-hydrogen) atoms. The Balaban J connectivity index is 1.72. The van der Waals surface area contributed by atoms with Crippen LogP contribution in [0.5, 0.6) is 5.75 Å². The number of para-hydroxylation sites is 1. The molecule has 1 saturated carbocycles. The molecule has 0 spiro atoms. The summed E-state index contributed by atoms with van der Waals surface area (Å²) in [5.74, 6) is 1.74. The molecule has 1 aliphatic carbocycles. The van der Waals surface area contributed by atoms with E-state index in [2.05, 4.69) is 5.32 Å². The van der Waals surface area contributed by atoms with Crippen LogP contribution in [-0.4, -0.2) is 32.9 Å². The SMILES string of the molecule is COc1ccccc1-c1nc(NC2CCCC2)nc2nn(-c3ccc(Cl)cc3)c(N)c12. The number of aromatic nitrogens is 4. The van der Waals surface area contributed by atoms with Crippen molar-refractivity contribution in [3.05, 3.63) is 53.6 Å². The van der Waals surface area contributed by atoms with E-state index in [1.165, 1.54) is 12.8 Å². The van der Waals surface area contributed by atoms with Crippen LogP contribution in [0.3, 0.4) is 0 Å². The normalized spacial score (nSPS) is 14.3. The molecule has 2 heterocycles. The third-order valence-electron chi connectivity index (χ3n) is 5.69. The van der Waals surface area contributed by atoms with Crippen molar-refractivity contribution in [3.63, 3.8) is 0 Å². The summed E-state index contributed by atoms with van der Waals surface area (Å²) in [6, 6.07) is 15.5. The summed E-state index contributed by atoms with van der Waals surface area (Å²) in [4.78, 5) is 9.57. The van der Waals surface area contributed by atoms with Crippen LogP contribution < -0.4 is 15.8 Å². The molecule has 8 heteroatoms. The van der Waals surface area contributed by atoms with Crippen molar-refractivity contribution in [2.24, 2.45) is 0 Å². The average Bonchev–Trinajstić information content (AvgIpc) is 3.42. The highest BCUT2D eigenvalue weighted by molar-refractivity contribution is 6.30. The number of anilines is 2. The molecule has 1 fully saturated rings. The van der Waals surface area contributed by atoms with E-state index in [0.717, 1.165) is 24.1 Å². The van der Waals surface area contributed by atoms with Crippen LogP contribution in [0, 0.1) is 0 Å². The molecule has 0 atom stereocenters. The maximum Gasteiger partial charge on any atom is 0.225 e. The van der Waals surface area contributed by atoms with Crippen molar-refractivity contribution >= 4 is 34.4 Å². The molecule has 0 radical (unpaired) electrons. The highest BCUT2D eigenvalue weighted by Crippen LogP contribution is 2.37. The van der Waals surface area contributed by atoms with E-state index in [1.54, 1.807) is 11.8 Å². The lowest BCUT2D eigenvalue weighted by Crippen LogP contribution is -2.17. The molecule has 0 aliphatic heterocycles. The number of nitrogens with two attached hydrogens (primary N) is 1. The standard InChI is InChI=1S/C23H23ClN6O/c1-31-18-9-5-4-8-17(18)20-19-21(25)30(16-12-10-14(24)11-13-16)29-22(19)28-23(27-20)26-15-6-2-3-7-15/h4-5,8-13,15H,2-3,6-7,25H2,1H3,(H,26,28,29). The average molecular weight is 435 g/mol. The first-order valence-electron chi connectivity index (χ1n) is 10.4. The number of rotatable bonds is 5. The van der Waals surface area contributed by atoms with Gasteiger partial charge in [-0.05, 0) is 49.2 Å². The molecule has 7 nitrogen and oxygen atoms in total. The molecule has 2 aromatic carbocycles. The van der Waals surface area contributed by atoms with Crippen LogP contribution in [0.15, 0.2) is 48.5 Å². The second-order valence-electron chi connectivity index (χ2n) is 7.69. The summed E-state index contributed by atoms with van der Waals surface area (Å²) in [5, 5.41) is 9.53. The Hall–Kier alpha value is -3.32. The smallest absolute Gasteiger partial charge is 0.225 e. The molecule has 5 rings (SSSR count). The van der Waals surface area contributed by atoms with Crippen LogP contribution in [0.25, 0.3) is 28.0 Å². The minimum Gasteiger partial charge on any atom is -0.496 e. The summed E-state index contributed by atoms with van der Waals surface area (Å²) < 4.78 is 7.28. The van der Waals surface area contributed by atoms with Crippen molar-refractivity contribution in [2.45, 2.75) is 31.7 Å². The Morgan fingerprint density at radius 3 is 2.55 bits per heavy atom. The van der Waals surface area contributed by atoms with Crippen molar-refractivity contribution in [2.75, 3.05) is 18.2 Å². The summed E-state index contributed by atoms with van der Waals surface area (Å²) in [7, 11) is 1.65. The highest BCUT2D eigenvalue weighted by atomic mass is 35.5. The van der Waals surface area contributed by atoms with Crippen LogP contribution in [0.1, 0.15) is 25.7 Å².